The van der Waals surface area contributed by atoms with E-state index in [1.165, 1.54) is 24.1 Å². The molecule has 0 saturated carbocycles. The van der Waals surface area contributed by atoms with Crippen LogP contribution in [0.15, 0.2) is 42.5 Å². The SMILES string of the molecule is CC[C@@H](C(=O)NCC(C)C)N(Cc1ccc(Cl)cc1)C(=O)CN(c1cc(Cl)ccc1OC)S(C)(=O)=O. The molecule has 0 spiro atoms. The molecule has 11 heteroatoms. The van der Waals surface area contributed by atoms with E-state index in [1.54, 1.807) is 37.3 Å². The molecule has 0 aromatic heterocycles. The first kappa shape index (κ1) is 29.7. The van der Waals surface area contributed by atoms with Crippen LogP contribution in [-0.4, -0.2) is 57.6 Å². The Morgan fingerprint density at radius 2 is 1.67 bits per heavy atom. The van der Waals surface area contributed by atoms with Gasteiger partial charge in [-0.2, -0.15) is 0 Å². The van der Waals surface area contributed by atoms with Gasteiger partial charge in [0.1, 0.15) is 18.3 Å². The molecule has 0 unspecified atom stereocenters. The van der Waals surface area contributed by atoms with Gasteiger partial charge in [0, 0.05) is 23.1 Å². The molecule has 0 radical (unpaired) electrons. The number of methoxy groups -OCH3 is 1. The van der Waals surface area contributed by atoms with E-state index in [9.17, 15) is 18.0 Å². The van der Waals surface area contributed by atoms with Crippen molar-refractivity contribution in [1.29, 1.82) is 0 Å². The van der Waals surface area contributed by atoms with E-state index in [4.69, 9.17) is 27.9 Å². The van der Waals surface area contributed by atoms with Crippen LogP contribution in [0, 0.1) is 5.92 Å². The maximum absolute atomic E-state index is 13.7. The summed E-state index contributed by atoms with van der Waals surface area (Å²) in [5, 5.41) is 3.70. The Morgan fingerprint density at radius 3 is 2.19 bits per heavy atom. The van der Waals surface area contributed by atoms with Crippen molar-refractivity contribution in [3.05, 3.63) is 58.1 Å². The molecule has 1 atom stereocenters. The Hall–Kier alpha value is -2.49. The maximum Gasteiger partial charge on any atom is 0.244 e. The van der Waals surface area contributed by atoms with Gasteiger partial charge in [0.25, 0.3) is 0 Å². The first-order valence-corrected chi connectivity index (χ1v) is 14.1. The molecule has 0 aliphatic rings. The predicted octanol–water partition coefficient (Wildman–Crippen LogP) is 4.35. The quantitative estimate of drug-likeness (QED) is 0.418. The molecule has 0 saturated heterocycles. The maximum atomic E-state index is 13.7. The van der Waals surface area contributed by atoms with Crippen LogP contribution in [-0.2, 0) is 26.2 Å². The molecule has 0 bridgehead atoms. The standard InChI is InChI=1S/C25H33Cl2N3O5S/c1-6-21(25(32)28-14-17(2)3)29(15-18-7-9-19(26)10-8-18)24(31)16-30(36(5,33)34)22-13-20(27)11-12-23(22)35-4/h7-13,17,21H,6,14-16H2,1-5H3,(H,28,32)/t21-/m0/s1. The highest BCUT2D eigenvalue weighted by molar-refractivity contribution is 7.92. The molecule has 2 rings (SSSR count). The van der Waals surface area contributed by atoms with Gasteiger partial charge in [-0.3, -0.25) is 13.9 Å². The summed E-state index contributed by atoms with van der Waals surface area (Å²) in [5.41, 5.74) is 0.874. The highest BCUT2D eigenvalue weighted by atomic mass is 35.5. The van der Waals surface area contributed by atoms with Crippen molar-refractivity contribution >= 4 is 50.7 Å². The number of nitrogens with one attached hydrogen (secondary N) is 1. The molecule has 0 heterocycles. The number of sulfonamides is 1. The summed E-state index contributed by atoms with van der Waals surface area (Å²) in [6.45, 7) is 5.75. The number of carbonyl (C=O) groups is 2. The largest absolute Gasteiger partial charge is 0.495 e. The van der Waals surface area contributed by atoms with Crippen molar-refractivity contribution in [2.24, 2.45) is 5.92 Å². The van der Waals surface area contributed by atoms with Crippen LogP contribution in [0.1, 0.15) is 32.8 Å². The van der Waals surface area contributed by atoms with Gasteiger partial charge in [0.05, 0.1) is 19.1 Å². The Labute approximate surface area is 223 Å². The second-order valence-corrected chi connectivity index (χ2v) is 11.6. The normalized spacial score (nSPS) is 12.2. The second-order valence-electron chi connectivity index (χ2n) is 8.80. The fraction of sp³-hybridized carbons (Fsp3) is 0.440. The summed E-state index contributed by atoms with van der Waals surface area (Å²) in [6.07, 6.45) is 1.33. The van der Waals surface area contributed by atoms with Gasteiger partial charge in [0.2, 0.25) is 21.8 Å². The highest BCUT2D eigenvalue weighted by Crippen LogP contribution is 2.33. The van der Waals surface area contributed by atoms with Gasteiger partial charge >= 0.3 is 0 Å². The zero-order valence-corrected chi connectivity index (χ0v) is 23.5. The fourth-order valence-electron chi connectivity index (χ4n) is 3.58. The van der Waals surface area contributed by atoms with Gasteiger partial charge < -0.3 is 15.0 Å². The Morgan fingerprint density at radius 1 is 1.06 bits per heavy atom. The summed E-state index contributed by atoms with van der Waals surface area (Å²) >= 11 is 12.1. The third-order valence-electron chi connectivity index (χ3n) is 5.43. The molecule has 2 aromatic rings. The van der Waals surface area contributed by atoms with Crippen LogP contribution < -0.4 is 14.4 Å². The van der Waals surface area contributed by atoms with E-state index in [0.717, 1.165) is 16.1 Å². The lowest BCUT2D eigenvalue weighted by atomic mass is 10.1. The zero-order valence-electron chi connectivity index (χ0n) is 21.1. The Kier molecular flexibility index (Phi) is 10.9. The number of hydrogen-bond acceptors (Lipinski definition) is 5. The number of amides is 2. The molecule has 0 fully saturated rings. The molecule has 1 N–H and O–H groups in total. The van der Waals surface area contributed by atoms with Crippen LogP contribution in [0.25, 0.3) is 0 Å². The van der Waals surface area contributed by atoms with Crippen LogP contribution >= 0.6 is 23.2 Å². The Balaban J connectivity index is 2.48. The van der Waals surface area contributed by atoms with Crippen molar-refractivity contribution in [1.82, 2.24) is 10.2 Å². The van der Waals surface area contributed by atoms with E-state index in [0.29, 0.717) is 18.0 Å². The van der Waals surface area contributed by atoms with Crippen LogP contribution in [0.4, 0.5) is 5.69 Å². The minimum absolute atomic E-state index is 0.0912. The molecule has 198 valence electrons. The molecule has 8 nitrogen and oxygen atoms in total. The lowest BCUT2D eigenvalue weighted by Crippen LogP contribution is -2.52. The van der Waals surface area contributed by atoms with Crippen molar-refractivity contribution in [3.8, 4) is 5.75 Å². The van der Waals surface area contributed by atoms with Gasteiger partial charge in [-0.05, 0) is 48.2 Å². The number of anilines is 1. The van der Waals surface area contributed by atoms with Crippen LogP contribution in [0.2, 0.25) is 10.0 Å². The third kappa shape index (κ3) is 8.28. The van der Waals surface area contributed by atoms with E-state index >= 15 is 0 Å². The summed E-state index contributed by atoms with van der Waals surface area (Å²) < 4.78 is 31.8. The summed E-state index contributed by atoms with van der Waals surface area (Å²) in [7, 11) is -2.52. The number of ether oxygens (including phenoxy) is 1. The fourth-order valence-corrected chi connectivity index (χ4v) is 4.72. The minimum Gasteiger partial charge on any atom is -0.495 e. The molecular formula is C25H33Cl2N3O5S. The molecule has 0 aliphatic heterocycles. The number of nitrogens with zero attached hydrogens (tertiary/aromatic N) is 2. The minimum atomic E-state index is -3.92. The first-order chi connectivity index (χ1) is 16.9. The van der Waals surface area contributed by atoms with Gasteiger partial charge in [-0.15, -0.1) is 0 Å². The van der Waals surface area contributed by atoms with E-state index in [1.807, 2.05) is 13.8 Å². The van der Waals surface area contributed by atoms with Gasteiger partial charge in [-0.1, -0.05) is 56.1 Å². The Bertz CT molecular complexity index is 1160. The van der Waals surface area contributed by atoms with E-state index in [2.05, 4.69) is 5.32 Å². The van der Waals surface area contributed by atoms with E-state index < -0.39 is 28.5 Å². The predicted molar refractivity (Wildman–Crippen MR) is 144 cm³/mol. The first-order valence-electron chi connectivity index (χ1n) is 11.5. The van der Waals surface area contributed by atoms with Crippen molar-refractivity contribution < 1.29 is 22.7 Å². The van der Waals surface area contributed by atoms with E-state index in [-0.39, 0.29) is 34.8 Å². The lowest BCUT2D eigenvalue weighted by molar-refractivity contribution is -0.140. The summed E-state index contributed by atoms with van der Waals surface area (Å²) in [5.74, 6) is -0.393. The van der Waals surface area contributed by atoms with Crippen LogP contribution in [0.3, 0.4) is 0 Å². The summed E-state index contributed by atoms with van der Waals surface area (Å²) in [4.78, 5) is 28.2. The lowest BCUT2D eigenvalue weighted by Gasteiger charge is -2.33. The number of benzene rings is 2. The third-order valence-corrected chi connectivity index (χ3v) is 7.04. The van der Waals surface area contributed by atoms with Crippen molar-refractivity contribution in [2.75, 3.05) is 30.8 Å². The van der Waals surface area contributed by atoms with Crippen molar-refractivity contribution in [3.63, 3.8) is 0 Å². The topological polar surface area (TPSA) is 96.0 Å². The van der Waals surface area contributed by atoms with Crippen molar-refractivity contribution in [2.45, 2.75) is 39.8 Å². The van der Waals surface area contributed by atoms with Gasteiger partial charge in [-0.25, -0.2) is 8.42 Å². The summed E-state index contributed by atoms with van der Waals surface area (Å²) in [6, 6.07) is 10.6. The molecule has 36 heavy (non-hydrogen) atoms. The highest BCUT2D eigenvalue weighted by Gasteiger charge is 2.32. The molecule has 0 aliphatic carbocycles. The monoisotopic (exact) mass is 557 g/mol. The average Bonchev–Trinajstić information content (AvgIpc) is 2.81. The second kappa shape index (κ2) is 13.2. The number of halogens is 2. The average molecular weight is 559 g/mol. The zero-order chi connectivity index (χ0) is 27.0. The smallest absolute Gasteiger partial charge is 0.244 e. The number of carbonyl (C=O) groups excluding carboxylic acids is 2. The number of rotatable bonds is 12. The molecule has 2 amide bonds. The molecule has 2 aromatic carbocycles. The molecular weight excluding hydrogens is 525 g/mol. The van der Waals surface area contributed by atoms with Gasteiger partial charge in [0.15, 0.2) is 0 Å². The van der Waals surface area contributed by atoms with Crippen LogP contribution in [0.5, 0.6) is 5.75 Å². The number of hydrogen-bond donors (Lipinski definition) is 1.